The summed E-state index contributed by atoms with van der Waals surface area (Å²) in [5.41, 5.74) is 0.889. The number of aromatic nitrogens is 2. The summed E-state index contributed by atoms with van der Waals surface area (Å²) in [7, 11) is 1.82. The largest absolute Gasteiger partial charge is 0.267 e. The van der Waals surface area contributed by atoms with E-state index in [2.05, 4.69) is 37.0 Å². The van der Waals surface area contributed by atoms with E-state index in [1.165, 1.54) is 6.07 Å². The van der Waals surface area contributed by atoms with Gasteiger partial charge in [0.05, 0.1) is 9.99 Å². The van der Waals surface area contributed by atoms with E-state index in [4.69, 9.17) is 0 Å². The van der Waals surface area contributed by atoms with Crippen molar-refractivity contribution in [3.8, 4) is 0 Å². The fraction of sp³-hybridized carbons (Fsp3) is 0.125. The summed E-state index contributed by atoms with van der Waals surface area (Å²) in [6, 6.07) is 3.17. The van der Waals surface area contributed by atoms with Crippen molar-refractivity contribution >= 4 is 42.8 Å². The molecule has 0 N–H and O–H groups in total. The molecule has 0 spiro atoms. The predicted molar refractivity (Wildman–Crippen MR) is 56.1 cm³/mol. The molecule has 0 unspecified atom stereocenters. The predicted octanol–water partition coefficient (Wildman–Crippen LogP) is 3.24. The molecule has 0 aliphatic heterocycles. The number of benzene rings is 1. The zero-order valence-electron chi connectivity index (χ0n) is 6.68. The maximum atomic E-state index is 13.1. The van der Waals surface area contributed by atoms with Crippen molar-refractivity contribution in [1.29, 1.82) is 0 Å². The molecule has 0 radical (unpaired) electrons. The number of fused-ring (bicyclic) bond motifs is 1. The molecule has 5 heteroatoms. The summed E-state index contributed by atoms with van der Waals surface area (Å²) in [5, 5.41) is 4.90. The van der Waals surface area contributed by atoms with Gasteiger partial charge in [-0.3, -0.25) is 4.68 Å². The monoisotopic (exact) mass is 306 g/mol. The van der Waals surface area contributed by atoms with Gasteiger partial charge < -0.3 is 0 Å². The van der Waals surface area contributed by atoms with Crippen LogP contribution >= 0.6 is 31.9 Å². The molecule has 13 heavy (non-hydrogen) atoms. The normalized spacial score (nSPS) is 11.1. The van der Waals surface area contributed by atoms with Gasteiger partial charge in [-0.2, -0.15) is 5.10 Å². The maximum Gasteiger partial charge on any atom is 0.138 e. The van der Waals surface area contributed by atoms with Gasteiger partial charge in [-0.1, -0.05) is 0 Å². The molecule has 0 aliphatic carbocycles. The molecule has 0 fully saturated rings. The summed E-state index contributed by atoms with van der Waals surface area (Å²) in [6.45, 7) is 0. The van der Waals surface area contributed by atoms with Gasteiger partial charge in [0.25, 0.3) is 0 Å². The lowest BCUT2D eigenvalue weighted by atomic mass is 10.2. The second-order valence-electron chi connectivity index (χ2n) is 2.70. The lowest BCUT2D eigenvalue weighted by Gasteiger charge is -1.96. The Morgan fingerprint density at radius 1 is 1.38 bits per heavy atom. The van der Waals surface area contributed by atoms with Crippen LogP contribution in [0.4, 0.5) is 4.39 Å². The molecule has 2 rings (SSSR count). The van der Waals surface area contributed by atoms with Gasteiger partial charge in [0.15, 0.2) is 0 Å². The minimum Gasteiger partial charge on any atom is -0.267 e. The van der Waals surface area contributed by atoms with E-state index >= 15 is 0 Å². The van der Waals surface area contributed by atoms with E-state index in [-0.39, 0.29) is 5.82 Å². The van der Waals surface area contributed by atoms with Gasteiger partial charge in [0, 0.05) is 12.4 Å². The maximum absolute atomic E-state index is 13.1. The first-order valence-electron chi connectivity index (χ1n) is 3.57. The smallest absolute Gasteiger partial charge is 0.138 e. The number of nitrogens with zero attached hydrogens (tertiary/aromatic N) is 2. The lowest BCUT2D eigenvalue weighted by Crippen LogP contribution is -1.89. The third-order valence-corrected chi connectivity index (χ3v) is 3.04. The second-order valence-corrected chi connectivity index (χ2v) is 4.30. The van der Waals surface area contributed by atoms with Crippen molar-refractivity contribution in [1.82, 2.24) is 9.78 Å². The lowest BCUT2D eigenvalue weighted by molar-refractivity contribution is 0.623. The molecular formula is C8H5Br2FN2. The molecule has 68 valence electrons. The van der Waals surface area contributed by atoms with Crippen LogP contribution in [0.2, 0.25) is 0 Å². The van der Waals surface area contributed by atoms with Gasteiger partial charge in [-0.25, -0.2) is 4.39 Å². The highest BCUT2D eigenvalue weighted by Gasteiger charge is 2.09. The molecule has 0 saturated heterocycles. The van der Waals surface area contributed by atoms with Crippen molar-refractivity contribution in [2.75, 3.05) is 0 Å². The van der Waals surface area contributed by atoms with Crippen LogP contribution in [0.3, 0.4) is 0 Å². The number of halogens is 3. The highest BCUT2D eigenvalue weighted by molar-refractivity contribution is 9.10. The molecule has 0 atom stereocenters. The van der Waals surface area contributed by atoms with Crippen LogP contribution in [-0.2, 0) is 7.05 Å². The Bertz CT molecular complexity index is 436. The highest BCUT2D eigenvalue weighted by atomic mass is 79.9. The second kappa shape index (κ2) is 3.06. The van der Waals surface area contributed by atoms with Crippen LogP contribution in [0.15, 0.2) is 21.2 Å². The number of rotatable bonds is 0. The van der Waals surface area contributed by atoms with Crippen molar-refractivity contribution in [2.24, 2.45) is 7.05 Å². The average Bonchev–Trinajstić information content (AvgIpc) is 2.31. The number of hydrogen-bond donors (Lipinski definition) is 0. The van der Waals surface area contributed by atoms with Gasteiger partial charge in [0.1, 0.15) is 10.4 Å². The molecule has 0 amide bonds. The summed E-state index contributed by atoms with van der Waals surface area (Å²) in [6.07, 6.45) is 0. The summed E-state index contributed by atoms with van der Waals surface area (Å²) >= 11 is 6.39. The van der Waals surface area contributed by atoms with E-state index in [9.17, 15) is 4.39 Å². The van der Waals surface area contributed by atoms with Crippen LogP contribution in [0.1, 0.15) is 0 Å². The van der Waals surface area contributed by atoms with Crippen LogP contribution < -0.4 is 0 Å². The Hall–Kier alpha value is -0.420. The fourth-order valence-corrected chi connectivity index (χ4v) is 2.10. The molecule has 1 heterocycles. The van der Waals surface area contributed by atoms with E-state index in [0.717, 1.165) is 10.9 Å². The van der Waals surface area contributed by atoms with Crippen molar-refractivity contribution in [2.45, 2.75) is 0 Å². The van der Waals surface area contributed by atoms with Crippen LogP contribution in [0.5, 0.6) is 0 Å². The quantitative estimate of drug-likeness (QED) is 0.730. The molecule has 2 aromatic rings. The van der Waals surface area contributed by atoms with Crippen LogP contribution in [-0.4, -0.2) is 9.78 Å². The summed E-state index contributed by atoms with van der Waals surface area (Å²) in [4.78, 5) is 0. The minimum atomic E-state index is -0.277. The molecular weight excluding hydrogens is 303 g/mol. The van der Waals surface area contributed by atoms with E-state index in [1.807, 2.05) is 7.05 Å². The standard InChI is InChI=1S/C8H5Br2FN2/c1-13-7-3-5(9)6(11)2-4(7)8(10)12-13/h2-3H,1H3. The summed E-state index contributed by atoms with van der Waals surface area (Å²) < 4.78 is 15.9. The molecule has 0 saturated carbocycles. The third-order valence-electron chi connectivity index (χ3n) is 1.85. The van der Waals surface area contributed by atoms with Crippen LogP contribution in [0.25, 0.3) is 10.9 Å². The molecule has 2 nitrogen and oxygen atoms in total. The fourth-order valence-electron chi connectivity index (χ4n) is 1.21. The SMILES string of the molecule is Cn1nc(Br)c2cc(F)c(Br)cc21. The number of aryl methyl sites for hydroxylation is 1. The van der Waals surface area contributed by atoms with Gasteiger partial charge in [-0.05, 0) is 44.0 Å². The Morgan fingerprint density at radius 2 is 2.08 bits per heavy atom. The van der Waals surface area contributed by atoms with E-state index in [1.54, 1.807) is 10.7 Å². The topological polar surface area (TPSA) is 17.8 Å². The van der Waals surface area contributed by atoms with E-state index < -0.39 is 0 Å². The molecule has 0 aliphatic rings. The first-order valence-corrected chi connectivity index (χ1v) is 5.15. The zero-order valence-corrected chi connectivity index (χ0v) is 9.86. The molecule has 1 aromatic carbocycles. The van der Waals surface area contributed by atoms with Crippen molar-refractivity contribution < 1.29 is 4.39 Å². The summed E-state index contributed by atoms with van der Waals surface area (Å²) in [5.74, 6) is -0.277. The van der Waals surface area contributed by atoms with Gasteiger partial charge >= 0.3 is 0 Å². The van der Waals surface area contributed by atoms with E-state index in [0.29, 0.717) is 9.08 Å². The third kappa shape index (κ3) is 1.40. The minimum absolute atomic E-state index is 0.277. The Kier molecular flexibility index (Phi) is 2.15. The Balaban J connectivity index is 2.91. The van der Waals surface area contributed by atoms with Gasteiger partial charge in [-0.15, -0.1) is 0 Å². The van der Waals surface area contributed by atoms with Crippen molar-refractivity contribution in [3.63, 3.8) is 0 Å². The first kappa shape index (κ1) is 9.15. The Morgan fingerprint density at radius 3 is 2.77 bits per heavy atom. The Labute approximate surface area is 91.0 Å². The zero-order chi connectivity index (χ0) is 9.59. The highest BCUT2D eigenvalue weighted by Crippen LogP contribution is 2.27. The molecule has 0 bridgehead atoms. The number of hydrogen-bond acceptors (Lipinski definition) is 1. The molecule has 1 aromatic heterocycles. The first-order chi connectivity index (χ1) is 6.09. The average molecular weight is 308 g/mol. The van der Waals surface area contributed by atoms with Gasteiger partial charge in [0.2, 0.25) is 0 Å². The van der Waals surface area contributed by atoms with Crippen LogP contribution in [0, 0.1) is 5.82 Å². The van der Waals surface area contributed by atoms with Crippen molar-refractivity contribution in [3.05, 3.63) is 27.0 Å².